The Morgan fingerprint density at radius 1 is 1.20 bits per heavy atom. The highest BCUT2D eigenvalue weighted by Gasteiger charge is 2.54. The summed E-state index contributed by atoms with van der Waals surface area (Å²) in [6, 6.07) is 5.19. The molecule has 3 N–H and O–H groups in total. The van der Waals surface area contributed by atoms with Crippen molar-refractivity contribution in [3.8, 4) is 5.75 Å². The molecule has 3 aliphatic rings. The molecule has 0 saturated carbocycles. The van der Waals surface area contributed by atoms with E-state index in [0.717, 1.165) is 24.2 Å². The molecule has 0 aliphatic carbocycles. The van der Waals surface area contributed by atoms with E-state index in [9.17, 15) is 9.59 Å². The Kier molecular flexibility index (Phi) is 6.73. The molecule has 0 unspecified atom stereocenters. The average molecular weight is 486 g/mol. The summed E-state index contributed by atoms with van der Waals surface area (Å²) in [6.45, 7) is 17.0. The van der Waals surface area contributed by atoms with E-state index in [4.69, 9.17) is 15.2 Å². The van der Waals surface area contributed by atoms with Crippen molar-refractivity contribution in [3.05, 3.63) is 29.3 Å². The maximum atomic E-state index is 13.7. The number of fused-ring (bicyclic) bond motifs is 4. The SMILES string of the molecule is CC(C)[C@H](NC(=O)[C@H](C)N)C(=O)N1CC[C@@H]2O[C@@H]3c4cc(C(C)(C)C)ccc4OC(C)(C)[C@H]3C[C@@H]21. The molecule has 7 heteroatoms. The maximum Gasteiger partial charge on any atom is 0.245 e. The summed E-state index contributed by atoms with van der Waals surface area (Å²) in [7, 11) is 0. The van der Waals surface area contributed by atoms with E-state index in [0.29, 0.717) is 6.54 Å². The standard InChI is InChI=1S/C28H43N3O4/c1-15(2)23(30-25(32)16(3)29)26(33)31-12-11-22-20(31)14-19-24(34-22)18-13-17(27(4,5)6)9-10-21(18)35-28(19,7)8/h9-10,13,15-16,19-20,22-24H,11-12,14,29H2,1-8H3,(H,30,32)/t16-,19-,20-,22-,23-,24+/m0/s1. The van der Waals surface area contributed by atoms with Gasteiger partial charge in [0.1, 0.15) is 17.4 Å². The molecule has 2 saturated heterocycles. The van der Waals surface area contributed by atoms with Crippen LogP contribution in [0.15, 0.2) is 18.2 Å². The van der Waals surface area contributed by atoms with E-state index in [2.05, 4.69) is 58.1 Å². The van der Waals surface area contributed by atoms with Crippen LogP contribution in [0.2, 0.25) is 0 Å². The van der Waals surface area contributed by atoms with Gasteiger partial charge in [-0.1, -0.05) is 40.7 Å². The Morgan fingerprint density at radius 3 is 2.49 bits per heavy atom. The van der Waals surface area contributed by atoms with Crippen molar-refractivity contribution < 1.29 is 19.1 Å². The van der Waals surface area contributed by atoms with Gasteiger partial charge >= 0.3 is 0 Å². The Bertz CT molecular complexity index is 981. The lowest BCUT2D eigenvalue weighted by atomic mass is 9.73. The van der Waals surface area contributed by atoms with Crippen molar-refractivity contribution in [2.45, 2.75) is 110 Å². The molecule has 2 amide bonds. The van der Waals surface area contributed by atoms with Gasteiger partial charge in [0.2, 0.25) is 11.8 Å². The molecule has 3 heterocycles. The predicted octanol–water partition coefficient (Wildman–Crippen LogP) is 3.69. The molecule has 1 aromatic carbocycles. The zero-order valence-electron chi connectivity index (χ0n) is 22.6. The fourth-order valence-corrected chi connectivity index (χ4v) is 5.81. The molecule has 0 aromatic heterocycles. The van der Waals surface area contributed by atoms with Crippen LogP contribution in [-0.4, -0.2) is 53.1 Å². The number of nitrogens with one attached hydrogen (secondary N) is 1. The molecule has 2 fully saturated rings. The first-order chi connectivity index (χ1) is 16.2. The van der Waals surface area contributed by atoms with Gasteiger partial charge in [-0.25, -0.2) is 0 Å². The molecule has 194 valence electrons. The summed E-state index contributed by atoms with van der Waals surface area (Å²) >= 11 is 0. The highest BCUT2D eigenvalue weighted by atomic mass is 16.5. The van der Waals surface area contributed by atoms with Crippen molar-refractivity contribution >= 4 is 11.8 Å². The number of nitrogens with zero attached hydrogens (tertiary/aromatic N) is 1. The number of carbonyl (C=O) groups is 2. The van der Waals surface area contributed by atoms with Gasteiger partial charge in [0.15, 0.2) is 0 Å². The van der Waals surface area contributed by atoms with Gasteiger partial charge in [-0.05, 0) is 62.6 Å². The third kappa shape index (κ3) is 4.82. The Balaban J connectivity index is 1.60. The summed E-state index contributed by atoms with van der Waals surface area (Å²) in [6.07, 6.45) is 1.50. The van der Waals surface area contributed by atoms with Crippen LogP contribution in [0.1, 0.15) is 85.5 Å². The summed E-state index contributed by atoms with van der Waals surface area (Å²) < 4.78 is 13.3. The Hall–Kier alpha value is -2.12. The highest BCUT2D eigenvalue weighted by molar-refractivity contribution is 5.90. The topological polar surface area (TPSA) is 93.9 Å². The number of nitrogens with two attached hydrogens (primary N) is 1. The minimum Gasteiger partial charge on any atom is -0.487 e. The Morgan fingerprint density at radius 2 is 1.89 bits per heavy atom. The van der Waals surface area contributed by atoms with E-state index in [-0.39, 0.29) is 47.3 Å². The summed E-state index contributed by atoms with van der Waals surface area (Å²) in [5.41, 5.74) is 7.74. The summed E-state index contributed by atoms with van der Waals surface area (Å²) in [4.78, 5) is 27.9. The zero-order valence-corrected chi connectivity index (χ0v) is 22.6. The smallest absolute Gasteiger partial charge is 0.245 e. The van der Waals surface area contributed by atoms with Gasteiger partial charge in [-0.2, -0.15) is 0 Å². The minimum absolute atomic E-state index is 0.0303. The second-order valence-corrected chi connectivity index (χ2v) is 12.6. The van der Waals surface area contributed by atoms with Crippen LogP contribution in [0.25, 0.3) is 0 Å². The number of benzene rings is 1. The highest BCUT2D eigenvalue weighted by Crippen LogP contribution is 2.53. The fraction of sp³-hybridized carbons (Fsp3) is 0.714. The van der Waals surface area contributed by atoms with Gasteiger partial charge in [-0.3, -0.25) is 9.59 Å². The van der Waals surface area contributed by atoms with E-state index in [1.165, 1.54) is 5.56 Å². The van der Waals surface area contributed by atoms with Crippen LogP contribution in [0.4, 0.5) is 0 Å². The molecule has 3 aliphatic heterocycles. The van der Waals surface area contributed by atoms with E-state index in [1.54, 1.807) is 6.92 Å². The van der Waals surface area contributed by atoms with Crippen molar-refractivity contribution in [2.75, 3.05) is 6.54 Å². The van der Waals surface area contributed by atoms with Crippen molar-refractivity contribution in [1.82, 2.24) is 10.2 Å². The molecule has 4 rings (SSSR count). The number of amides is 2. The van der Waals surface area contributed by atoms with Gasteiger partial charge < -0.3 is 25.4 Å². The van der Waals surface area contributed by atoms with Crippen molar-refractivity contribution in [1.29, 1.82) is 0 Å². The minimum atomic E-state index is -0.660. The van der Waals surface area contributed by atoms with Gasteiger partial charge in [0.25, 0.3) is 0 Å². The van der Waals surface area contributed by atoms with Crippen LogP contribution in [0.3, 0.4) is 0 Å². The monoisotopic (exact) mass is 485 g/mol. The predicted molar refractivity (Wildman–Crippen MR) is 136 cm³/mol. The second-order valence-electron chi connectivity index (χ2n) is 12.6. The molecule has 0 bridgehead atoms. The molecule has 1 aromatic rings. The molecule has 0 spiro atoms. The summed E-state index contributed by atoms with van der Waals surface area (Å²) in [5.74, 6) is 0.608. The molecule has 0 radical (unpaired) electrons. The third-order valence-electron chi connectivity index (χ3n) is 8.04. The lowest BCUT2D eigenvalue weighted by Gasteiger charge is -2.51. The zero-order chi connectivity index (χ0) is 25.9. The van der Waals surface area contributed by atoms with Crippen LogP contribution in [0, 0.1) is 11.8 Å². The lowest BCUT2D eigenvalue weighted by molar-refractivity contribution is -0.168. The number of ether oxygens (including phenoxy) is 2. The largest absolute Gasteiger partial charge is 0.487 e. The number of carbonyl (C=O) groups excluding carboxylic acids is 2. The van der Waals surface area contributed by atoms with E-state index in [1.807, 2.05) is 18.7 Å². The third-order valence-corrected chi connectivity index (χ3v) is 8.04. The van der Waals surface area contributed by atoms with Crippen LogP contribution in [-0.2, 0) is 19.7 Å². The van der Waals surface area contributed by atoms with Crippen LogP contribution < -0.4 is 15.8 Å². The fourth-order valence-electron chi connectivity index (χ4n) is 5.81. The molecular weight excluding hydrogens is 442 g/mol. The number of hydrogen-bond acceptors (Lipinski definition) is 5. The Labute approximate surface area is 210 Å². The van der Waals surface area contributed by atoms with E-state index >= 15 is 0 Å². The number of hydrogen-bond donors (Lipinski definition) is 2. The van der Waals surface area contributed by atoms with Gasteiger partial charge in [-0.15, -0.1) is 0 Å². The van der Waals surface area contributed by atoms with Crippen molar-refractivity contribution in [3.63, 3.8) is 0 Å². The van der Waals surface area contributed by atoms with Gasteiger partial charge in [0.05, 0.1) is 24.3 Å². The first kappa shape index (κ1) is 26.0. The normalized spacial score (nSPS) is 28.9. The van der Waals surface area contributed by atoms with Crippen molar-refractivity contribution in [2.24, 2.45) is 17.6 Å². The first-order valence-corrected chi connectivity index (χ1v) is 13.1. The maximum absolute atomic E-state index is 13.7. The van der Waals surface area contributed by atoms with E-state index < -0.39 is 17.7 Å². The quantitative estimate of drug-likeness (QED) is 0.678. The number of likely N-dealkylation sites (tertiary alicyclic amines) is 1. The summed E-state index contributed by atoms with van der Waals surface area (Å²) in [5, 5.41) is 2.87. The molecule has 7 nitrogen and oxygen atoms in total. The molecular formula is C28H43N3O4. The molecule has 6 atom stereocenters. The van der Waals surface area contributed by atoms with Gasteiger partial charge in [0, 0.05) is 18.0 Å². The second kappa shape index (κ2) is 9.07. The average Bonchev–Trinajstić information content (AvgIpc) is 3.17. The number of rotatable bonds is 4. The lowest BCUT2D eigenvalue weighted by Crippen LogP contribution is -2.58. The molecule has 35 heavy (non-hydrogen) atoms. The van der Waals surface area contributed by atoms with Crippen LogP contribution in [0.5, 0.6) is 5.75 Å². The first-order valence-electron chi connectivity index (χ1n) is 13.1. The van der Waals surface area contributed by atoms with Crippen LogP contribution >= 0.6 is 0 Å².